The van der Waals surface area contributed by atoms with Gasteiger partial charge in [0.15, 0.2) is 11.5 Å². The zero-order chi connectivity index (χ0) is 21.3. The predicted molar refractivity (Wildman–Crippen MR) is 119 cm³/mol. The molecule has 0 aliphatic rings. The number of ether oxygens (including phenoxy) is 3. The number of methoxy groups -OCH3 is 2. The highest BCUT2D eigenvalue weighted by atomic mass is 16.5. The molecule has 6 nitrogen and oxygen atoms in total. The molecule has 6 heteroatoms. The van der Waals surface area contributed by atoms with Gasteiger partial charge in [0, 0.05) is 11.8 Å². The van der Waals surface area contributed by atoms with E-state index in [1.54, 1.807) is 26.4 Å². The summed E-state index contributed by atoms with van der Waals surface area (Å²) in [6.07, 6.45) is 0. The molecule has 3 rings (SSSR count). The van der Waals surface area contributed by atoms with Crippen molar-refractivity contribution in [2.24, 2.45) is 0 Å². The number of anilines is 2. The molecule has 156 valence electrons. The number of rotatable bonds is 9. The summed E-state index contributed by atoms with van der Waals surface area (Å²) in [5, 5.41) is 6.29. The maximum Gasteiger partial charge on any atom is 0.251 e. The smallest absolute Gasteiger partial charge is 0.251 e. The van der Waals surface area contributed by atoms with Crippen LogP contribution in [0.1, 0.15) is 18.5 Å². The van der Waals surface area contributed by atoms with Gasteiger partial charge in [-0.3, -0.25) is 4.79 Å². The number of carbonyl (C=O) groups is 1. The van der Waals surface area contributed by atoms with Gasteiger partial charge in [0.2, 0.25) is 0 Å². The van der Waals surface area contributed by atoms with Crippen molar-refractivity contribution in [3.63, 3.8) is 0 Å². The number of para-hydroxylation sites is 2. The molecular formula is C24H26N2O4. The van der Waals surface area contributed by atoms with E-state index in [9.17, 15) is 4.79 Å². The van der Waals surface area contributed by atoms with Crippen molar-refractivity contribution in [3.05, 3.63) is 78.4 Å². The lowest BCUT2D eigenvalue weighted by atomic mass is 10.1. The fourth-order valence-corrected chi connectivity index (χ4v) is 3.09. The summed E-state index contributed by atoms with van der Waals surface area (Å²) in [6, 6.07) is 21.7. The van der Waals surface area contributed by atoms with Gasteiger partial charge in [-0.05, 0) is 36.8 Å². The van der Waals surface area contributed by atoms with Gasteiger partial charge in [0.05, 0.1) is 26.5 Å². The van der Waals surface area contributed by atoms with Crippen LogP contribution in [0.15, 0.2) is 72.8 Å². The van der Waals surface area contributed by atoms with E-state index < -0.39 is 6.04 Å². The van der Waals surface area contributed by atoms with Gasteiger partial charge in [0.25, 0.3) is 5.91 Å². The van der Waals surface area contributed by atoms with Crippen LogP contribution in [0.3, 0.4) is 0 Å². The lowest BCUT2D eigenvalue weighted by molar-refractivity contribution is -0.117. The maximum absolute atomic E-state index is 13.3. The summed E-state index contributed by atoms with van der Waals surface area (Å²) >= 11 is 0. The van der Waals surface area contributed by atoms with Crippen LogP contribution in [0.5, 0.6) is 17.2 Å². The van der Waals surface area contributed by atoms with Crippen molar-refractivity contribution < 1.29 is 19.0 Å². The molecular weight excluding hydrogens is 380 g/mol. The highest BCUT2D eigenvalue weighted by Crippen LogP contribution is 2.32. The Morgan fingerprint density at radius 1 is 0.867 bits per heavy atom. The van der Waals surface area contributed by atoms with E-state index in [-0.39, 0.29) is 5.91 Å². The van der Waals surface area contributed by atoms with E-state index in [0.29, 0.717) is 29.5 Å². The van der Waals surface area contributed by atoms with Crippen LogP contribution in [-0.4, -0.2) is 26.7 Å². The van der Waals surface area contributed by atoms with E-state index in [2.05, 4.69) is 10.6 Å². The normalized spacial score (nSPS) is 11.3. The van der Waals surface area contributed by atoms with Crippen molar-refractivity contribution in [2.45, 2.75) is 13.0 Å². The van der Waals surface area contributed by atoms with E-state index in [1.807, 2.05) is 67.6 Å². The van der Waals surface area contributed by atoms with Gasteiger partial charge >= 0.3 is 0 Å². The van der Waals surface area contributed by atoms with Crippen LogP contribution < -0.4 is 24.8 Å². The van der Waals surface area contributed by atoms with Gasteiger partial charge < -0.3 is 24.8 Å². The zero-order valence-electron chi connectivity index (χ0n) is 17.3. The highest BCUT2D eigenvalue weighted by Gasteiger charge is 2.22. The number of hydrogen-bond donors (Lipinski definition) is 2. The molecule has 0 heterocycles. The van der Waals surface area contributed by atoms with E-state index >= 15 is 0 Å². The molecule has 0 bridgehead atoms. The molecule has 2 N–H and O–H groups in total. The minimum atomic E-state index is -0.626. The summed E-state index contributed by atoms with van der Waals surface area (Å²) < 4.78 is 16.3. The molecule has 1 amide bonds. The summed E-state index contributed by atoms with van der Waals surface area (Å²) in [5.74, 6) is 1.63. The third-order valence-corrected chi connectivity index (χ3v) is 4.53. The molecule has 3 aromatic carbocycles. The summed E-state index contributed by atoms with van der Waals surface area (Å²) in [5.41, 5.74) is 2.19. The van der Waals surface area contributed by atoms with Crippen LogP contribution in [0.2, 0.25) is 0 Å². The van der Waals surface area contributed by atoms with Crippen LogP contribution in [0, 0.1) is 0 Å². The van der Waals surface area contributed by atoms with Crippen LogP contribution in [0.4, 0.5) is 11.4 Å². The Bertz CT molecular complexity index is 976. The van der Waals surface area contributed by atoms with Gasteiger partial charge in [-0.1, -0.05) is 42.5 Å². The largest absolute Gasteiger partial charge is 0.493 e. The average molecular weight is 406 g/mol. The first-order chi connectivity index (χ1) is 14.7. The van der Waals surface area contributed by atoms with Gasteiger partial charge in [-0.25, -0.2) is 0 Å². The van der Waals surface area contributed by atoms with Crippen molar-refractivity contribution in [3.8, 4) is 17.2 Å². The molecule has 3 aromatic rings. The second-order valence-corrected chi connectivity index (χ2v) is 6.48. The predicted octanol–water partition coefficient (Wildman–Crippen LogP) is 4.89. The third-order valence-electron chi connectivity index (χ3n) is 4.53. The number of benzene rings is 3. The third kappa shape index (κ3) is 5.03. The van der Waals surface area contributed by atoms with Crippen LogP contribution in [0.25, 0.3) is 0 Å². The number of hydrogen-bond acceptors (Lipinski definition) is 5. The van der Waals surface area contributed by atoms with E-state index in [4.69, 9.17) is 14.2 Å². The van der Waals surface area contributed by atoms with Crippen molar-refractivity contribution in [2.75, 3.05) is 31.5 Å². The minimum absolute atomic E-state index is 0.205. The molecule has 0 spiro atoms. The number of carbonyl (C=O) groups excluding carboxylic acids is 1. The molecule has 1 atom stereocenters. The summed E-state index contributed by atoms with van der Waals surface area (Å²) in [6.45, 7) is 2.42. The lowest BCUT2D eigenvalue weighted by Gasteiger charge is -2.21. The van der Waals surface area contributed by atoms with Gasteiger partial charge in [-0.15, -0.1) is 0 Å². The van der Waals surface area contributed by atoms with Crippen molar-refractivity contribution >= 4 is 17.3 Å². The molecule has 0 aliphatic heterocycles. The van der Waals surface area contributed by atoms with E-state index in [0.717, 1.165) is 11.3 Å². The zero-order valence-corrected chi connectivity index (χ0v) is 17.3. The number of amides is 1. The highest BCUT2D eigenvalue weighted by molar-refractivity contribution is 5.98. The van der Waals surface area contributed by atoms with Crippen molar-refractivity contribution in [1.29, 1.82) is 0 Å². The van der Waals surface area contributed by atoms with Crippen LogP contribution in [-0.2, 0) is 4.79 Å². The fraction of sp³-hybridized carbons (Fsp3) is 0.208. The van der Waals surface area contributed by atoms with Gasteiger partial charge in [-0.2, -0.15) is 0 Å². The maximum atomic E-state index is 13.3. The number of nitrogens with one attached hydrogen (secondary N) is 2. The monoisotopic (exact) mass is 406 g/mol. The van der Waals surface area contributed by atoms with Crippen LogP contribution >= 0.6 is 0 Å². The molecule has 0 unspecified atom stereocenters. The molecule has 0 aromatic heterocycles. The van der Waals surface area contributed by atoms with E-state index in [1.165, 1.54) is 0 Å². The minimum Gasteiger partial charge on any atom is -0.493 e. The molecule has 0 saturated heterocycles. The Hall–Kier alpha value is -3.67. The summed E-state index contributed by atoms with van der Waals surface area (Å²) in [7, 11) is 3.16. The quantitative estimate of drug-likeness (QED) is 0.529. The van der Waals surface area contributed by atoms with Gasteiger partial charge in [0.1, 0.15) is 11.8 Å². The fourth-order valence-electron chi connectivity index (χ4n) is 3.09. The molecule has 30 heavy (non-hydrogen) atoms. The first-order valence-electron chi connectivity index (χ1n) is 9.72. The SMILES string of the molecule is CCOc1ccccc1NC(=O)[C@H](Nc1ccc(OC)c(OC)c1)c1ccccc1. The standard InChI is InChI=1S/C24H26N2O4/c1-4-30-20-13-9-8-12-19(20)26-24(27)23(17-10-6-5-7-11-17)25-18-14-15-21(28-2)22(16-18)29-3/h5-16,23,25H,4H2,1-3H3,(H,26,27)/t23-/m1/s1. The molecule has 0 aliphatic carbocycles. The Labute approximate surface area is 176 Å². The van der Waals surface area contributed by atoms with Crippen molar-refractivity contribution in [1.82, 2.24) is 0 Å². The average Bonchev–Trinajstić information content (AvgIpc) is 2.79. The second kappa shape index (κ2) is 10.2. The second-order valence-electron chi connectivity index (χ2n) is 6.48. The molecule has 0 fully saturated rings. The first-order valence-corrected chi connectivity index (χ1v) is 9.72. The summed E-state index contributed by atoms with van der Waals surface area (Å²) in [4.78, 5) is 13.3. The Morgan fingerprint density at radius 2 is 1.57 bits per heavy atom. The molecule has 0 saturated carbocycles. The first kappa shape index (κ1) is 21.0. The molecule has 0 radical (unpaired) electrons. The topological polar surface area (TPSA) is 68.8 Å². The Balaban J connectivity index is 1.89. The Kier molecular flexibility index (Phi) is 7.16. The Morgan fingerprint density at radius 3 is 2.27 bits per heavy atom. The lowest BCUT2D eigenvalue weighted by Crippen LogP contribution is -2.27.